The number of aliphatic hydroxyl groups is 1. The Morgan fingerprint density at radius 3 is 2.55 bits per heavy atom. The molecular weight excluding hydrogens is 285 g/mol. The Morgan fingerprint density at radius 1 is 1.32 bits per heavy atom. The zero-order valence-electron chi connectivity index (χ0n) is 13.3. The molecule has 5 nitrogen and oxygen atoms in total. The Bertz CT molecular complexity index is 610. The minimum Gasteiger partial charge on any atom is -0.487 e. The second kappa shape index (κ2) is 6.04. The molecule has 1 heterocycles. The summed E-state index contributed by atoms with van der Waals surface area (Å²) in [5, 5.41) is 15.3. The van der Waals surface area contributed by atoms with Crippen molar-refractivity contribution in [2.45, 2.75) is 39.3 Å². The quantitative estimate of drug-likeness (QED) is 0.922. The Morgan fingerprint density at radius 2 is 2.00 bits per heavy atom. The molecular formula is C16H22FN3O2. The zero-order valence-corrected chi connectivity index (χ0v) is 13.3. The lowest BCUT2D eigenvalue weighted by molar-refractivity contribution is -0.122. The van der Waals surface area contributed by atoms with E-state index in [1.54, 1.807) is 29.2 Å². The van der Waals surface area contributed by atoms with Crippen LogP contribution < -0.4 is 4.74 Å². The summed E-state index contributed by atoms with van der Waals surface area (Å²) in [5.74, 6) is -0.330. The van der Waals surface area contributed by atoms with Crippen LogP contribution in [-0.2, 0) is 0 Å². The molecule has 2 atom stereocenters. The lowest BCUT2D eigenvalue weighted by atomic mass is 9.72. The highest BCUT2D eigenvalue weighted by Gasteiger charge is 2.47. The van der Waals surface area contributed by atoms with Gasteiger partial charge in [-0.25, -0.2) is 14.1 Å². The largest absolute Gasteiger partial charge is 0.487 e. The maximum absolute atomic E-state index is 13.7. The fourth-order valence-electron chi connectivity index (χ4n) is 2.35. The van der Waals surface area contributed by atoms with Crippen molar-refractivity contribution in [3.8, 4) is 5.75 Å². The topological polar surface area (TPSA) is 60.2 Å². The molecule has 0 aliphatic heterocycles. The summed E-state index contributed by atoms with van der Waals surface area (Å²) in [6.07, 6.45) is 2.96. The van der Waals surface area contributed by atoms with Crippen molar-refractivity contribution in [3.05, 3.63) is 42.7 Å². The fourth-order valence-corrected chi connectivity index (χ4v) is 2.35. The predicted molar refractivity (Wildman–Crippen MR) is 81.0 cm³/mol. The summed E-state index contributed by atoms with van der Waals surface area (Å²) < 4.78 is 20.8. The van der Waals surface area contributed by atoms with Gasteiger partial charge in [-0.3, -0.25) is 0 Å². The minimum absolute atomic E-state index is 0.0571. The summed E-state index contributed by atoms with van der Waals surface area (Å²) in [6, 6.07) is 5.76. The highest BCUT2D eigenvalue weighted by atomic mass is 19.1. The van der Waals surface area contributed by atoms with Gasteiger partial charge in [0.2, 0.25) is 0 Å². The van der Waals surface area contributed by atoms with E-state index in [1.165, 1.54) is 12.4 Å². The average molecular weight is 307 g/mol. The smallest absolute Gasteiger partial charge is 0.165 e. The molecule has 0 aliphatic rings. The summed E-state index contributed by atoms with van der Waals surface area (Å²) in [7, 11) is 0. The first-order chi connectivity index (χ1) is 10.3. The number of nitrogens with zero attached hydrogens (tertiary/aromatic N) is 3. The van der Waals surface area contributed by atoms with Crippen molar-refractivity contribution in [1.29, 1.82) is 0 Å². The van der Waals surface area contributed by atoms with E-state index >= 15 is 0 Å². The minimum atomic E-state index is -1.26. The Balaban J connectivity index is 2.25. The summed E-state index contributed by atoms with van der Waals surface area (Å²) in [6.45, 7) is 7.50. The number of ether oxygens (including phenoxy) is 1. The average Bonchev–Trinajstić information content (AvgIpc) is 2.98. The van der Waals surface area contributed by atoms with E-state index in [0.29, 0.717) is 0 Å². The van der Waals surface area contributed by atoms with Crippen LogP contribution in [0.5, 0.6) is 5.75 Å². The van der Waals surface area contributed by atoms with E-state index in [9.17, 15) is 9.50 Å². The van der Waals surface area contributed by atoms with Crippen molar-refractivity contribution < 1.29 is 14.2 Å². The SMILES string of the molecule is CC(n1cncn1)C(O)(COc1ccccc1F)C(C)(C)C. The van der Waals surface area contributed by atoms with Gasteiger partial charge in [-0.15, -0.1) is 0 Å². The van der Waals surface area contributed by atoms with Crippen LogP contribution in [0.1, 0.15) is 33.7 Å². The van der Waals surface area contributed by atoms with Gasteiger partial charge in [-0.2, -0.15) is 5.10 Å². The van der Waals surface area contributed by atoms with Crippen molar-refractivity contribution in [2.75, 3.05) is 6.61 Å². The molecule has 0 aliphatic carbocycles. The molecule has 0 radical (unpaired) electrons. The maximum Gasteiger partial charge on any atom is 0.165 e. The van der Waals surface area contributed by atoms with Gasteiger partial charge >= 0.3 is 0 Å². The van der Waals surface area contributed by atoms with E-state index in [4.69, 9.17) is 4.74 Å². The second-order valence-corrected chi connectivity index (χ2v) is 6.44. The monoisotopic (exact) mass is 307 g/mol. The third-order valence-electron chi connectivity index (χ3n) is 4.11. The number of aromatic nitrogens is 3. The number of halogens is 1. The lowest BCUT2D eigenvalue weighted by Crippen LogP contribution is -2.53. The molecule has 0 fully saturated rings. The zero-order chi connectivity index (χ0) is 16.4. The van der Waals surface area contributed by atoms with Crippen molar-refractivity contribution in [3.63, 3.8) is 0 Å². The van der Waals surface area contributed by atoms with Gasteiger partial charge in [0, 0.05) is 0 Å². The van der Waals surface area contributed by atoms with Crippen LogP contribution >= 0.6 is 0 Å². The number of para-hydroxylation sites is 1. The van der Waals surface area contributed by atoms with Crippen LogP contribution in [0.4, 0.5) is 4.39 Å². The van der Waals surface area contributed by atoms with E-state index in [2.05, 4.69) is 10.1 Å². The second-order valence-electron chi connectivity index (χ2n) is 6.44. The summed E-state index contributed by atoms with van der Waals surface area (Å²) in [5.41, 5.74) is -1.77. The van der Waals surface area contributed by atoms with Gasteiger partial charge in [0.1, 0.15) is 24.9 Å². The normalized spacial score (nSPS) is 16.1. The molecule has 6 heteroatoms. The highest BCUT2D eigenvalue weighted by molar-refractivity contribution is 5.24. The van der Waals surface area contributed by atoms with Gasteiger partial charge in [0.25, 0.3) is 0 Å². The van der Waals surface area contributed by atoms with Gasteiger partial charge in [0.15, 0.2) is 11.6 Å². The molecule has 0 spiro atoms. The fraction of sp³-hybridized carbons (Fsp3) is 0.500. The van der Waals surface area contributed by atoms with Crippen LogP contribution in [0, 0.1) is 11.2 Å². The van der Waals surface area contributed by atoms with Crippen LogP contribution in [0.2, 0.25) is 0 Å². The predicted octanol–water partition coefficient (Wildman–Crippen LogP) is 2.83. The standard InChI is InChI=1S/C16H22FN3O2/c1-12(20-11-18-10-19-20)16(21,15(2,3)4)9-22-14-8-6-5-7-13(14)17/h5-8,10-12,21H,9H2,1-4H3. The van der Waals surface area contributed by atoms with E-state index < -0.39 is 16.8 Å². The van der Waals surface area contributed by atoms with Crippen LogP contribution in [0.15, 0.2) is 36.9 Å². The van der Waals surface area contributed by atoms with Crippen LogP contribution in [0.3, 0.4) is 0 Å². The molecule has 1 N–H and O–H groups in total. The van der Waals surface area contributed by atoms with Crippen LogP contribution in [0.25, 0.3) is 0 Å². The number of hydrogen-bond donors (Lipinski definition) is 1. The lowest BCUT2D eigenvalue weighted by Gasteiger charge is -2.43. The summed E-state index contributed by atoms with van der Waals surface area (Å²) in [4.78, 5) is 3.91. The first-order valence-corrected chi connectivity index (χ1v) is 7.19. The Hall–Kier alpha value is -1.95. The molecule has 2 rings (SSSR count). The van der Waals surface area contributed by atoms with Crippen LogP contribution in [-0.4, -0.2) is 32.1 Å². The first-order valence-electron chi connectivity index (χ1n) is 7.19. The maximum atomic E-state index is 13.7. The van der Waals surface area contributed by atoms with Gasteiger partial charge in [-0.05, 0) is 24.5 Å². The van der Waals surface area contributed by atoms with Crippen molar-refractivity contribution in [2.24, 2.45) is 5.41 Å². The highest BCUT2D eigenvalue weighted by Crippen LogP contribution is 2.39. The number of hydrogen-bond acceptors (Lipinski definition) is 4. The third kappa shape index (κ3) is 3.11. The number of rotatable bonds is 5. The molecule has 2 unspecified atom stereocenters. The van der Waals surface area contributed by atoms with Crippen molar-refractivity contribution in [1.82, 2.24) is 14.8 Å². The van der Waals surface area contributed by atoms with Crippen molar-refractivity contribution >= 4 is 0 Å². The van der Waals surface area contributed by atoms with E-state index in [0.717, 1.165) is 0 Å². The molecule has 1 aromatic heterocycles. The van der Waals surface area contributed by atoms with E-state index in [-0.39, 0.29) is 18.4 Å². The Kier molecular flexibility index (Phi) is 4.51. The van der Waals surface area contributed by atoms with Gasteiger partial charge < -0.3 is 9.84 Å². The molecule has 0 bridgehead atoms. The molecule has 0 amide bonds. The van der Waals surface area contributed by atoms with Gasteiger partial charge in [0.05, 0.1) is 6.04 Å². The number of benzene rings is 1. The molecule has 0 saturated carbocycles. The Labute approximate surface area is 129 Å². The van der Waals surface area contributed by atoms with Gasteiger partial charge in [-0.1, -0.05) is 32.9 Å². The molecule has 1 aromatic carbocycles. The molecule has 22 heavy (non-hydrogen) atoms. The molecule has 120 valence electrons. The first kappa shape index (κ1) is 16.4. The molecule has 0 saturated heterocycles. The molecule has 2 aromatic rings. The summed E-state index contributed by atoms with van der Waals surface area (Å²) >= 11 is 0. The van der Waals surface area contributed by atoms with E-state index in [1.807, 2.05) is 27.7 Å². The third-order valence-corrected chi connectivity index (χ3v) is 4.11.